The third kappa shape index (κ3) is 10.3. The molecular formula is C10H19ClF3N. The van der Waals surface area contributed by atoms with E-state index in [0.717, 1.165) is 12.8 Å². The highest BCUT2D eigenvalue weighted by atomic mass is 35.5. The Hall–Kier alpha value is 0.0400. The number of nitrogens with zero attached hydrogens (tertiary/aromatic N) is 1. The first-order valence-corrected chi connectivity index (χ1v) is 5.73. The molecule has 0 rings (SSSR count). The molecule has 5 heteroatoms. The van der Waals surface area contributed by atoms with Crippen LogP contribution in [-0.4, -0.2) is 36.6 Å². The molecule has 0 aromatic heterocycles. The number of rotatable bonds is 7. The summed E-state index contributed by atoms with van der Waals surface area (Å²) in [6, 6.07) is 0. The van der Waals surface area contributed by atoms with Crippen LogP contribution in [0.15, 0.2) is 0 Å². The van der Waals surface area contributed by atoms with Crippen molar-refractivity contribution in [2.75, 3.05) is 25.5 Å². The first kappa shape index (κ1) is 15.0. The molecule has 0 heterocycles. The number of alkyl halides is 4. The van der Waals surface area contributed by atoms with E-state index in [4.69, 9.17) is 11.6 Å². The van der Waals surface area contributed by atoms with Crippen LogP contribution in [0.2, 0.25) is 0 Å². The lowest BCUT2D eigenvalue weighted by Crippen LogP contribution is -2.36. The number of hydrogen-bond donors (Lipinski definition) is 0. The molecule has 0 aliphatic rings. The van der Waals surface area contributed by atoms with E-state index in [9.17, 15) is 13.2 Å². The molecule has 15 heavy (non-hydrogen) atoms. The second-order valence-electron chi connectivity index (χ2n) is 4.12. The third-order valence-electron chi connectivity index (χ3n) is 2.06. The van der Waals surface area contributed by atoms with Crippen LogP contribution in [0.1, 0.15) is 26.7 Å². The van der Waals surface area contributed by atoms with E-state index >= 15 is 0 Å². The molecule has 0 bridgehead atoms. The summed E-state index contributed by atoms with van der Waals surface area (Å²) < 4.78 is 36.4. The van der Waals surface area contributed by atoms with Crippen molar-refractivity contribution in [1.82, 2.24) is 4.90 Å². The minimum atomic E-state index is -4.12. The average Bonchev–Trinajstić information content (AvgIpc) is 2.00. The quantitative estimate of drug-likeness (QED) is 0.621. The Bertz CT molecular complexity index is 159. The van der Waals surface area contributed by atoms with Crippen molar-refractivity contribution >= 4 is 11.6 Å². The Balaban J connectivity index is 3.83. The molecule has 0 aromatic rings. The van der Waals surface area contributed by atoms with E-state index in [0.29, 0.717) is 19.0 Å². The normalized spacial score (nSPS) is 12.8. The number of halogens is 4. The van der Waals surface area contributed by atoms with Gasteiger partial charge in [0.05, 0.1) is 6.54 Å². The maximum absolute atomic E-state index is 12.1. The Kier molecular flexibility index (Phi) is 7.36. The lowest BCUT2D eigenvalue weighted by atomic mass is 10.1. The summed E-state index contributed by atoms with van der Waals surface area (Å²) in [7, 11) is 0. The van der Waals surface area contributed by atoms with Gasteiger partial charge >= 0.3 is 6.18 Å². The van der Waals surface area contributed by atoms with Gasteiger partial charge in [-0.25, -0.2) is 0 Å². The molecule has 92 valence electrons. The number of hydrogen-bond acceptors (Lipinski definition) is 1. The minimum Gasteiger partial charge on any atom is -0.294 e. The SMILES string of the molecule is CC(C)CCCN(CCCl)CC(F)(F)F. The van der Waals surface area contributed by atoms with Crippen molar-refractivity contribution < 1.29 is 13.2 Å². The molecule has 0 unspecified atom stereocenters. The molecule has 0 amide bonds. The molecule has 0 atom stereocenters. The zero-order chi connectivity index (χ0) is 11.9. The van der Waals surface area contributed by atoms with Crippen LogP contribution in [0, 0.1) is 5.92 Å². The van der Waals surface area contributed by atoms with Crippen LogP contribution in [0.25, 0.3) is 0 Å². The summed E-state index contributed by atoms with van der Waals surface area (Å²) in [6.07, 6.45) is -2.37. The van der Waals surface area contributed by atoms with Crippen molar-refractivity contribution in [2.45, 2.75) is 32.9 Å². The lowest BCUT2D eigenvalue weighted by molar-refractivity contribution is -0.145. The summed E-state index contributed by atoms with van der Waals surface area (Å²) in [5, 5.41) is 0. The van der Waals surface area contributed by atoms with Gasteiger partial charge in [-0.05, 0) is 25.3 Å². The largest absolute Gasteiger partial charge is 0.401 e. The predicted molar refractivity (Wildman–Crippen MR) is 57.3 cm³/mol. The highest BCUT2D eigenvalue weighted by Crippen LogP contribution is 2.17. The van der Waals surface area contributed by atoms with Gasteiger partial charge in [0.2, 0.25) is 0 Å². The molecule has 0 saturated heterocycles. The Labute approximate surface area is 94.6 Å². The Morgan fingerprint density at radius 2 is 1.80 bits per heavy atom. The van der Waals surface area contributed by atoms with E-state index in [1.165, 1.54) is 4.90 Å². The first-order valence-electron chi connectivity index (χ1n) is 5.20. The molecule has 0 aliphatic heterocycles. The van der Waals surface area contributed by atoms with Crippen molar-refractivity contribution in [3.05, 3.63) is 0 Å². The molecule has 0 N–H and O–H groups in total. The first-order chi connectivity index (χ1) is 6.85. The summed E-state index contributed by atoms with van der Waals surface area (Å²) >= 11 is 5.46. The van der Waals surface area contributed by atoms with Crippen LogP contribution < -0.4 is 0 Å². The van der Waals surface area contributed by atoms with Crippen molar-refractivity contribution in [3.8, 4) is 0 Å². The molecule has 0 saturated carbocycles. The van der Waals surface area contributed by atoms with Gasteiger partial charge in [-0.15, -0.1) is 11.6 Å². The van der Waals surface area contributed by atoms with E-state index in [1.807, 2.05) is 0 Å². The van der Waals surface area contributed by atoms with Crippen molar-refractivity contribution in [1.29, 1.82) is 0 Å². The van der Waals surface area contributed by atoms with Gasteiger partial charge in [-0.2, -0.15) is 13.2 Å². The van der Waals surface area contributed by atoms with Crippen LogP contribution in [0.4, 0.5) is 13.2 Å². The highest BCUT2D eigenvalue weighted by molar-refractivity contribution is 6.18. The summed E-state index contributed by atoms with van der Waals surface area (Å²) in [5.74, 6) is 0.784. The highest BCUT2D eigenvalue weighted by Gasteiger charge is 2.30. The topological polar surface area (TPSA) is 3.24 Å². The lowest BCUT2D eigenvalue weighted by Gasteiger charge is -2.22. The van der Waals surface area contributed by atoms with Gasteiger partial charge in [0.25, 0.3) is 0 Å². The van der Waals surface area contributed by atoms with Crippen LogP contribution in [0.5, 0.6) is 0 Å². The molecule has 0 spiro atoms. The van der Waals surface area contributed by atoms with Crippen LogP contribution in [-0.2, 0) is 0 Å². The van der Waals surface area contributed by atoms with Gasteiger partial charge in [0, 0.05) is 12.4 Å². The van der Waals surface area contributed by atoms with Gasteiger partial charge in [-0.1, -0.05) is 13.8 Å². The van der Waals surface area contributed by atoms with Gasteiger partial charge in [0.1, 0.15) is 0 Å². The molecule has 0 aliphatic carbocycles. The summed E-state index contributed by atoms with van der Waals surface area (Å²) in [6.45, 7) is 4.06. The fraction of sp³-hybridized carbons (Fsp3) is 1.00. The second-order valence-corrected chi connectivity index (χ2v) is 4.49. The zero-order valence-electron chi connectivity index (χ0n) is 9.28. The summed E-state index contributed by atoms with van der Waals surface area (Å²) in [5.41, 5.74) is 0. The van der Waals surface area contributed by atoms with Gasteiger partial charge in [0.15, 0.2) is 0 Å². The predicted octanol–water partition coefficient (Wildman–Crippen LogP) is 3.53. The van der Waals surface area contributed by atoms with Gasteiger partial charge < -0.3 is 0 Å². The molecule has 0 aromatic carbocycles. The maximum atomic E-state index is 12.1. The fourth-order valence-corrected chi connectivity index (χ4v) is 1.61. The molecule has 1 nitrogen and oxygen atoms in total. The smallest absolute Gasteiger partial charge is 0.294 e. The van der Waals surface area contributed by atoms with E-state index in [1.54, 1.807) is 0 Å². The Morgan fingerprint density at radius 1 is 1.20 bits per heavy atom. The van der Waals surface area contributed by atoms with E-state index < -0.39 is 12.7 Å². The van der Waals surface area contributed by atoms with E-state index in [-0.39, 0.29) is 5.88 Å². The molecule has 0 fully saturated rings. The summed E-state index contributed by atoms with van der Waals surface area (Å²) in [4.78, 5) is 1.37. The average molecular weight is 246 g/mol. The standard InChI is InChI=1S/C10H19ClF3N/c1-9(2)4-3-6-15(7-5-11)8-10(12,13)14/h9H,3-8H2,1-2H3. The van der Waals surface area contributed by atoms with Gasteiger partial charge in [-0.3, -0.25) is 4.90 Å². The zero-order valence-corrected chi connectivity index (χ0v) is 10.0. The fourth-order valence-electron chi connectivity index (χ4n) is 1.37. The molecule has 0 radical (unpaired) electrons. The van der Waals surface area contributed by atoms with Crippen LogP contribution in [0.3, 0.4) is 0 Å². The van der Waals surface area contributed by atoms with Crippen molar-refractivity contribution in [2.24, 2.45) is 5.92 Å². The van der Waals surface area contributed by atoms with Crippen molar-refractivity contribution in [3.63, 3.8) is 0 Å². The third-order valence-corrected chi connectivity index (χ3v) is 2.23. The second kappa shape index (κ2) is 7.34. The van der Waals surface area contributed by atoms with Crippen LogP contribution >= 0.6 is 11.6 Å². The maximum Gasteiger partial charge on any atom is 0.401 e. The van der Waals surface area contributed by atoms with E-state index in [2.05, 4.69) is 13.8 Å². The monoisotopic (exact) mass is 245 g/mol. The molecular weight excluding hydrogens is 227 g/mol. The minimum absolute atomic E-state index is 0.248. The Morgan fingerprint density at radius 3 is 2.20 bits per heavy atom.